The molecule has 0 atom stereocenters. The van der Waals surface area contributed by atoms with Crippen molar-refractivity contribution in [2.45, 2.75) is 58.8 Å². The molecule has 2 fully saturated rings. The maximum absolute atomic E-state index is 13.0. The number of likely N-dealkylation sites (tertiary alicyclic amines) is 1. The van der Waals surface area contributed by atoms with E-state index in [9.17, 15) is 4.79 Å². The molecule has 1 heterocycles. The summed E-state index contributed by atoms with van der Waals surface area (Å²) in [7, 11) is 0. The Balaban J connectivity index is 2.25. The maximum Gasteiger partial charge on any atom is 0.236 e. The zero-order valence-corrected chi connectivity index (χ0v) is 12.7. The number of carbonyl (C=O) groups excluding carboxylic acids is 1. The molecule has 0 unspecified atom stereocenters. The van der Waals surface area contributed by atoms with Gasteiger partial charge in [0.2, 0.25) is 5.91 Å². The van der Waals surface area contributed by atoms with E-state index in [1.54, 1.807) is 0 Å². The molecule has 1 aliphatic heterocycles. The molecule has 1 aliphatic carbocycles. The lowest BCUT2D eigenvalue weighted by atomic mass is 9.77. The van der Waals surface area contributed by atoms with Crippen LogP contribution >= 0.6 is 0 Å². The van der Waals surface area contributed by atoms with Crippen molar-refractivity contribution in [3.8, 4) is 0 Å². The fourth-order valence-corrected chi connectivity index (χ4v) is 3.60. The van der Waals surface area contributed by atoms with E-state index in [2.05, 4.69) is 19.0 Å². The number of carbonyl (C=O) groups is 1. The number of oxime groups is 1. The van der Waals surface area contributed by atoms with Crippen molar-refractivity contribution in [1.82, 2.24) is 4.90 Å². The Kier molecular flexibility index (Phi) is 4.25. The lowest BCUT2D eigenvalue weighted by Gasteiger charge is -2.34. The van der Waals surface area contributed by atoms with Crippen molar-refractivity contribution in [2.24, 2.45) is 21.7 Å². The van der Waals surface area contributed by atoms with Gasteiger partial charge in [0, 0.05) is 13.1 Å². The minimum Gasteiger partial charge on any atom is -0.409 e. The van der Waals surface area contributed by atoms with E-state index in [0.717, 1.165) is 45.2 Å². The molecule has 3 N–H and O–H groups in total. The third-order valence-electron chi connectivity index (χ3n) is 4.93. The Labute approximate surface area is 121 Å². The van der Waals surface area contributed by atoms with Gasteiger partial charge in [-0.05, 0) is 24.7 Å². The van der Waals surface area contributed by atoms with Gasteiger partial charge in [0.05, 0.1) is 0 Å². The summed E-state index contributed by atoms with van der Waals surface area (Å²) in [4.78, 5) is 14.9. The van der Waals surface area contributed by atoms with Crippen molar-refractivity contribution in [1.29, 1.82) is 0 Å². The van der Waals surface area contributed by atoms with Gasteiger partial charge in [0.25, 0.3) is 0 Å². The fraction of sp³-hybridized carbons (Fsp3) is 0.867. The number of nitrogens with two attached hydrogens (primary N) is 1. The topological polar surface area (TPSA) is 78.9 Å². The highest BCUT2D eigenvalue weighted by atomic mass is 16.4. The van der Waals surface area contributed by atoms with Crippen LogP contribution in [-0.2, 0) is 4.79 Å². The van der Waals surface area contributed by atoms with E-state index in [1.807, 2.05) is 4.90 Å². The highest BCUT2D eigenvalue weighted by Crippen LogP contribution is 2.40. The van der Waals surface area contributed by atoms with Crippen LogP contribution in [0.5, 0.6) is 0 Å². The summed E-state index contributed by atoms with van der Waals surface area (Å²) in [5, 5.41) is 12.3. The monoisotopic (exact) mass is 281 g/mol. The Bertz CT molecular complexity index is 396. The summed E-state index contributed by atoms with van der Waals surface area (Å²) < 4.78 is 0. The zero-order valence-electron chi connectivity index (χ0n) is 12.7. The molecule has 0 radical (unpaired) electrons. The molecule has 1 amide bonds. The lowest BCUT2D eigenvalue weighted by molar-refractivity contribution is -0.138. The van der Waals surface area contributed by atoms with Crippen LogP contribution < -0.4 is 5.73 Å². The molecule has 5 nitrogen and oxygen atoms in total. The van der Waals surface area contributed by atoms with Crippen molar-refractivity contribution >= 4 is 11.7 Å². The normalized spacial score (nSPS) is 26.3. The van der Waals surface area contributed by atoms with Gasteiger partial charge in [-0.1, -0.05) is 44.7 Å². The summed E-state index contributed by atoms with van der Waals surface area (Å²) in [6.07, 6.45) is 6.62. The highest BCUT2D eigenvalue weighted by molar-refractivity contribution is 6.06. The van der Waals surface area contributed by atoms with Crippen molar-refractivity contribution in [3.63, 3.8) is 0 Å². The molecule has 0 aromatic rings. The van der Waals surface area contributed by atoms with Crippen LogP contribution in [0.3, 0.4) is 0 Å². The molecule has 1 saturated heterocycles. The molecule has 114 valence electrons. The largest absolute Gasteiger partial charge is 0.409 e. The number of rotatable bonds is 2. The van der Waals surface area contributed by atoms with Crippen molar-refractivity contribution < 1.29 is 10.0 Å². The van der Waals surface area contributed by atoms with Crippen molar-refractivity contribution in [2.75, 3.05) is 13.1 Å². The molecular weight excluding hydrogens is 254 g/mol. The van der Waals surface area contributed by atoms with Crippen LogP contribution in [0.25, 0.3) is 0 Å². The first-order chi connectivity index (χ1) is 9.41. The SMILES string of the molecule is CC1(C)CCN(C(=O)C2(C(N)=NO)CCCCCC2)C1. The van der Waals surface area contributed by atoms with Crippen molar-refractivity contribution in [3.05, 3.63) is 0 Å². The Morgan fingerprint density at radius 2 is 1.75 bits per heavy atom. The molecule has 0 aromatic carbocycles. The van der Waals surface area contributed by atoms with Crippen LogP contribution in [0.15, 0.2) is 5.16 Å². The second-order valence-electron chi connectivity index (χ2n) is 7.12. The van der Waals surface area contributed by atoms with Gasteiger partial charge in [-0.25, -0.2) is 0 Å². The standard InChI is InChI=1S/C15H27N3O2/c1-14(2)9-10-18(11-14)13(19)15(12(16)17-20)7-5-3-4-6-8-15/h20H,3-11H2,1-2H3,(H2,16,17). The van der Waals surface area contributed by atoms with Gasteiger partial charge in [-0.15, -0.1) is 0 Å². The molecular formula is C15H27N3O2. The van der Waals surface area contributed by atoms with E-state index in [-0.39, 0.29) is 17.2 Å². The van der Waals surface area contributed by atoms with Gasteiger partial charge in [-0.3, -0.25) is 4.79 Å². The Morgan fingerprint density at radius 1 is 1.15 bits per heavy atom. The lowest BCUT2D eigenvalue weighted by Crippen LogP contribution is -2.51. The average molecular weight is 281 g/mol. The minimum absolute atomic E-state index is 0.0697. The van der Waals surface area contributed by atoms with Crippen LogP contribution in [0.2, 0.25) is 0 Å². The van der Waals surface area contributed by atoms with Gasteiger partial charge >= 0.3 is 0 Å². The number of amides is 1. The van der Waals surface area contributed by atoms with E-state index in [1.165, 1.54) is 0 Å². The molecule has 0 bridgehead atoms. The first kappa shape index (κ1) is 15.1. The Morgan fingerprint density at radius 3 is 2.20 bits per heavy atom. The summed E-state index contributed by atoms with van der Waals surface area (Å²) in [5.41, 5.74) is 5.34. The molecule has 0 aromatic heterocycles. The zero-order chi connectivity index (χ0) is 14.8. The number of hydrogen-bond donors (Lipinski definition) is 2. The van der Waals surface area contributed by atoms with E-state index in [0.29, 0.717) is 12.8 Å². The quantitative estimate of drug-likeness (QED) is 0.268. The predicted molar refractivity (Wildman–Crippen MR) is 78.5 cm³/mol. The predicted octanol–water partition coefficient (Wildman–Crippen LogP) is 2.33. The maximum atomic E-state index is 13.0. The third kappa shape index (κ3) is 2.76. The van der Waals surface area contributed by atoms with Gasteiger partial charge in [0.1, 0.15) is 5.41 Å². The van der Waals surface area contributed by atoms with Crippen LogP contribution in [0.4, 0.5) is 0 Å². The Hall–Kier alpha value is -1.26. The van der Waals surface area contributed by atoms with Crippen LogP contribution in [-0.4, -0.2) is 34.9 Å². The summed E-state index contributed by atoms with van der Waals surface area (Å²) >= 11 is 0. The smallest absolute Gasteiger partial charge is 0.236 e. The third-order valence-corrected chi connectivity index (χ3v) is 4.93. The van der Waals surface area contributed by atoms with E-state index < -0.39 is 5.41 Å². The molecule has 2 aliphatic rings. The number of amidine groups is 1. The second-order valence-corrected chi connectivity index (χ2v) is 7.12. The highest BCUT2D eigenvalue weighted by Gasteiger charge is 2.47. The van der Waals surface area contributed by atoms with Gasteiger partial charge in [-0.2, -0.15) is 0 Å². The average Bonchev–Trinajstić information content (AvgIpc) is 2.65. The summed E-state index contributed by atoms with van der Waals surface area (Å²) in [5.74, 6) is 0.175. The first-order valence-corrected chi connectivity index (χ1v) is 7.69. The van der Waals surface area contributed by atoms with Crippen LogP contribution in [0, 0.1) is 10.8 Å². The molecule has 2 rings (SSSR count). The van der Waals surface area contributed by atoms with Gasteiger partial charge in [0.15, 0.2) is 5.84 Å². The second kappa shape index (κ2) is 5.62. The molecule has 5 heteroatoms. The van der Waals surface area contributed by atoms with E-state index >= 15 is 0 Å². The first-order valence-electron chi connectivity index (χ1n) is 7.69. The fourth-order valence-electron chi connectivity index (χ4n) is 3.60. The van der Waals surface area contributed by atoms with Crippen LogP contribution in [0.1, 0.15) is 58.8 Å². The van der Waals surface area contributed by atoms with E-state index in [4.69, 9.17) is 10.9 Å². The molecule has 1 saturated carbocycles. The molecule has 0 spiro atoms. The molecule has 20 heavy (non-hydrogen) atoms. The minimum atomic E-state index is -0.772. The van der Waals surface area contributed by atoms with Gasteiger partial charge < -0.3 is 15.8 Å². The number of nitrogens with zero attached hydrogens (tertiary/aromatic N) is 2. The summed E-state index contributed by atoms with van der Waals surface area (Å²) in [6.45, 7) is 5.92. The number of hydrogen-bond acceptors (Lipinski definition) is 3. The summed E-state index contributed by atoms with van der Waals surface area (Å²) in [6, 6.07) is 0.